The van der Waals surface area contributed by atoms with E-state index >= 15 is 0 Å². The van der Waals surface area contributed by atoms with Gasteiger partial charge in [0, 0.05) is 38.6 Å². The zero-order valence-electron chi connectivity index (χ0n) is 18.8. The standard InChI is InChI=1S/C23H29N7O2.CH4/c1-23(2,3)32-22(31)29-14-12-28(13-15-29)20(19-10-7-11-24-16-19)21-25-26-27-30(21)17-18-8-5-4-6-9-18;/h4-11,16,20H,12-15,17H2,1-3H3;1H4. The van der Waals surface area contributed by atoms with Crippen LogP contribution in [-0.4, -0.2) is 72.9 Å². The molecule has 176 valence electrons. The lowest BCUT2D eigenvalue weighted by Gasteiger charge is -2.39. The summed E-state index contributed by atoms with van der Waals surface area (Å²) in [5.41, 5.74) is 1.63. The maximum Gasteiger partial charge on any atom is 0.410 e. The Morgan fingerprint density at radius 2 is 1.79 bits per heavy atom. The summed E-state index contributed by atoms with van der Waals surface area (Å²) in [7, 11) is 0. The van der Waals surface area contributed by atoms with Gasteiger partial charge in [-0.1, -0.05) is 43.8 Å². The topological polar surface area (TPSA) is 89.3 Å². The van der Waals surface area contributed by atoms with Crippen molar-refractivity contribution in [1.82, 2.24) is 35.0 Å². The highest BCUT2D eigenvalue weighted by Crippen LogP contribution is 2.28. The molecule has 3 heterocycles. The van der Waals surface area contributed by atoms with Crippen LogP contribution in [0.4, 0.5) is 4.79 Å². The van der Waals surface area contributed by atoms with Crippen molar-refractivity contribution in [1.29, 1.82) is 0 Å². The third-order valence-corrected chi connectivity index (χ3v) is 5.31. The van der Waals surface area contributed by atoms with Gasteiger partial charge in [0.15, 0.2) is 5.82 Å². The van der Waals surface area contributed by atoms with E-state index < -0.39 is 5.60 Å². The quantitative estimate of drug-likeness (QED) is 0.587. The van der Waals surface area contributed by atoms with Gasteiger partial charge in [-0.2, -0.15) is 0 Å². The number of tetrazole rings is 1. The number of ether oxygens (including phenoxy) is 1. The zero-order valence-corrected chi connectivity index (χ0v) is 18.8. The normalized spacial score (nSPS) is 15.5. The molecule has 3 aromatic rings. The van der Waals surface area contributed by atoms with Crippen LogP contribution in [0.15, 0.2) is 54.9 Å². The Morgan fingerprint density at radius 3 is 2.42 bits per heavy atom. The van der Waals surface area contributed by atoms with Crippen molar-refractivity contribution in [2.24, 2.45) is 0 Å². The minimum Gasteiger partial charge on any atom is -0.444 e. The molecule has 0 bridgehead atoms. The van der Waals surface area contributed by atoms with Crippen LogP contribution in [0.5, 0.6) is 0 Å². The molecule has 0 spiro atoms. The predicted octanol–water partition coefficient (Wildman–Crippen LogP) is 3.39. The molecule has 1 aliphatic rings. The smallest absolute Gasteiger partial charge is 0.410 e. The predicted molar refractivity (Wildman–Crippen MR) is 126 cm³/mol. The van der Waals surface area contributed by atoms with E-state index in [4.69, 9.17) is 4.74 Å². The highest BCUT2D eigenvalue weighted by molar-refractivity contribution is 5.68. The van der Waals surface area contributed by atoms with Crippen LogP contribution >= 0.6 is 0 Å². The molecule has 1 atom stereocenters. The molecule has 0 radical (unpaired) electrons. The number of pyridine rings is 1. The lowest BCUT2D eigenvalue weighted by atomic mass is 10.1. The first-order chi connectivity index (χ1) is 15.4. The molecule has 9 nitrogen and oxygen atoms in total. The Labute approximate surface area is 195 Å². The molecule has 0 saturated carbocycles. The largest absolute Gasteiger partial charge is 0.444 e. The summed E-state index contributed by atoms with van der Waals surface area (Å²) in [6.07, 6.45) is 3.34. The summed E-state index contributed by atoms with van der Waals surface area (Å²) in [6, 6.07) is 13.9. The molecule has 9 heteroatoms. The number of carbonyl (C=O) groups is 1. The molecule has 0 aliphatic carbocycles. The Balaban J connectivity index is 0.00000306. The van der Waals surface area contributed by atoms with E-state index in [1.54, 1.807) is 11.1 Å². The number of hydrogen-bond donors (Lipinski definition) is 0. The van der Waals surface area contributed by atoms with Crippen LogP contribution in [-0.2, 0) is 11.3 Å². The van der Waals surface area contributed by atoms with E-state index in [2.05, 4.69) is 37.5 Å². The molecule has 2 aromatic heterocycles. The summed E-state index contributed by atoms with van der Waals surface area (Å²) in [4.78, 5) is 20.9. The first kappa shape index (κ1) is 24.3. The molecule has 1 aliphatic heterocycles. The molecule has 1 fully saturated rings. The number of rotatable bonds is 5. The van der Waals surface area contributed by atoms with Crippen molar-refractivity contribution in [3.05, 3.63) is 71.8 Å². The molecule has 1 aromatic carbocycles. The fourth-order valence-corrected chi connectivity index (χ4v) is 3.83. The van der Waals surface area contributed by atoms with E-state index in [0.29, 0.717) is 32.7 Å². The third kappa shape index (κ3) is 6.13. The Morgan fingerprint density at radius 1 is 1.06 bits per heavy atom. The summed E-state index contributed by atoms with van der Waals surface area (Å²) in [5.74, 6) is 0.757. The molecular formula is C24H33N7O2. The summed E-state index contributed by atoms with van der Waals surface area (Å²) < 4.78 is 7.38. The molecular weight excluding hydrogens is 418 g/mol. The number of benzene rings is 1. The average molecular weight is 452 g/mol. The third-order valence-electron chi connectivity index (χ3n) is 5.31. The summed E-state index contributed by atoms with van der Waals surface area (Å²) in [5, 5.41) is 12.6. The SMILES string of the molecule is C.CC(C)(C)OC(=O)N1CCN(C(c2cccnc2)c2nnnn2Cc2ccccc2)CC1. The van der Waals surface area contributed by atoms with Gasteiger partial charge in [0.2, 0.25) is 0 Å². The van der Waals surface area contributed by atoms with E-state index in [1.807, 2.05) is 62.0 Å². The minimum atomic E-state index is -0.508. The summed E-state index contributed by atoms with van der Waals surface area (Å²) >= 11 is 0. The van der Waals surface area contributed by atoms with Crippen LogP contribution in [0.3, 0.4) is 0 Å². The van der Waals surface area contributed by atoms with Crippen molar-refractivity contribution in [2.75, 3.05) is 26.2 Å². The Kier molecular flexibility index (Phi) is 7.75. The highest BCUT2D eigenvalue weighted by Gasteiger charge is 2.33. The van der Waals surface area contributed by atoms with Gasteiger partial charge in [-0.25, -0.2) is 9.48 Å². The number of amides is 1. The maximum absolute atomic E-state index is 12.5. The molecule has 1 amide bonds. The van der Waals surface area contributed by atoms with E-state index in [9.17, 15) is 4.79 Å². The van der Waals surface area contributed by atoms with Gasteiger partial charge in [0.05, 0.1) is 12.6 Å². The Hall–Kier alpha value is -3.33. The van der Waals surface area contributed by atoms with Gasteiger partial charge in [-0.05, 0) is 48.4 Å². The molecule has 1 saturated heterocycles. The van der Waals surface area contributed by atoms with Crippen molar-refractivity contribution in [2.45, 2.75) is 46.4 Å². The van der Waals surface area contributed by atoms with Gasteiger partial charge >= 0.3 is 6.09 Å². The van der Waals surface area contributed by atoms with Crippen molar-refractivity contribution in [3.63, 3.8) is 0 Å². The fraction of sp³-hybridized carbons (Fsp3) is 0.458. The first-order valence-electron chi connectivity index (χ1n) is 10.8. The molecule has 33 heavy (non-hydrogen) atoms. The number of piperazine rings is 1. The molecule has 4 rings (SSSR count). The van der Waals surface area contributed by atoms with Gasteiger partial charge in [0.1, 0.15) is 5.60 Å². The lowest BCUT2D eigenvalue weighted by molar-refractivity contribution is 0.0114. The monoisotopic (exact) mass is 451 g/mol. The molecule has 1 unspecified atom stereocenters. The Bertz CT molecular complexity index is 1010. The second-order valence-electron chi connectivity index (χ2n) is 8.87. The zero-order chi connectivity index (χ0) is 22.6. The fourth-order valence-electron chi connectivity index (χ4n) is 3.83. The second-order valence-corrected chi connectivity index (χ2v) is 8.87. The van der Waals surface area contributed by atoms with Gasteiger partial charge in [-0.3, -0.25) is 9.88 Å². The van der Waals surface area contributed by atoms with Crippen LogP contribution in [0, 0.1) is 0 Å². The van der Waals surface area contributed by atoms with E-state index in [0.717, 1.165) is 17.0 Å². The van der Waals surface area contributed by atoms with Crippen molar-refractivity contribution >= 4 is 6.09 Å². The lowest BCUT2D eigenvalue weighted by Crippen LogP contribution is -2.51. The van der Waals surface area contributed by atoms with Crippen molar-refractivity contribution < 1.29 is 9.53 Å². The number of nitrogens with zero attached hydrogens (tertiary/aromatic N) is 7. The summed E-state index contributed by atoms with van der Waals surface area (Å²) in [6.45, 7) is 8.73. The van der Waals surface area contributed by atoms with Crippen LogP contribution in [0.1, 0.15) is 51.2 Å². The highest BCUT2D eigenvalue weighted by atomic mass is 16.6. The number of carbonyl (C=O) groups excluding carboxylic acids is 1. The number of hydrogen-bond acceptors (Lipinski definition) is 7. The average Bonchev–Trinajstić information content (AvgIpc) is 3.22. The molecule has 0 N–H and O–H groups in total. The minimum absolute atomic E-state index is 0. The van der Waals surface area contributed by atoms with E-state index in [-0.39, 0.29) is 19.6 Å². The van der Waals surface area contributed by atoms with Crippen LogP contribution in [0.2, 0.25) is 0 Å². The van der Waals surface area contributed by atoms with Crippen LogP contribution < -0.4 is 0 Å². The van der Waals surface area contributed by atoms with Gasteiger partial charge < -0.3 is 9.64 Å². The van der Waals surface area contributed by atoms with E-state index in [1.165, 1.54) is 0 Å². The second kappa shape index (κ2) is 10.5. The van der Waals surface area contributed by atoms with Crippen molar-refractivity contribution in [3.8, 4) is 0 Å². The van der Waals surface area contributed by atoms with Crippen LogP contribution in [0.25, 0.3) is 0 Å². The maximum atomic E-state index is 12.5. The first-order valence-corrected chi connectivity index (χ1v) is 10.8. The van der Waals surface area contributed by atoms with Gasteiger partial charge in [-0.15, -0.1) is 5.10 Å². The van der Waals surface area contributed by atoms with Gasteiger partial charge in [0.25, 0.3) is 0 Å². The number of aromatic nitrogens is 5.